The summed E-state index contributed by atoms with van der Waals surface area (Å²) >= 11 is 0. The van der Waals surface area contributed by atoms with E-state index in [1.807, 2.05) is 25.1 Å². The third-order valence-corrected chi connectivity index (χ3v) is 7.98. The van der Waals surface area contributed by atoms with Gasteiger partial charge in [-0.2, -0.15) is 0 Å². The molecule has 0 radical (unpaired) electrons. The highest BCUT2D eigenvalue weighted by Gasteiger charge is 2.64. The number of ketones is 1. The molecule has 0 spiro atoms. The van der Waals surface area contributed by atoms with E-state index in [-0.39, 0.29) is 53.7 Å². The summed E-state index contributed by atoms with van der Waals surface area (Å²) in [6.07, 6.45) is 9.37. The van der Waals surface area contributed by atoms with E-state index in [9.17, 15) is 14.4 Å². The van der Waals surface area contributed by atoms with E-state index in [0.717, 1.165) is 19.3 Å². The molecule has 1 aromatic rings. The van der Waals surface area contributed by atoms with E-state index >= 15 is 0 Å². The van der Waals surface area contributed by atoms with Crippen molar-refractivity contribution in [3.8, 4) is 0 Å². The highest BCUT2D eigenvalue weighted by atomic mass is 16.6. The SMILES string of the molecule is COC(=O)C/C=C(/C)C(=O)[C@@H](C)C/C=C/[C@@H]1C[C@H]([C@H](Cc2ccccc2)NC=O)C(C)[C@@]2(C)O[C@@H]12. The molecule has 6 nitrogen and oxygen atoms in total. The van der Waals surface area contributed by atoms with Gasteiger partial charge in [-0.3, -0.25) is 14.4 Å². The average Bonchev–Trinajstić information content (AvgIpc) is 3.57. The van der Waals surface area contributed by atoms with Crippen LogP contribution in [0.4, 0.5) is 0 Å². The molecule has 1 unspecified atom stereocenters. The van der Waals surface area contributed by atoms with Gasteiger partial charge in [0.2, 0.25) is 6.41 Å². The molecule has 1 heterocycles. The molecule has 1 amide bonds. The third-order valence-electron chi connectivity index (χ3n) is 7.98. The number of nitrogens with one attached hydrogen (secondary N) is 1. The number of Topliss-reactive ketones (excluding diaryl/α,β-unsaturated/α-hetero) is 1. The summed E-state index contributed by atoms with van der Waals surface area (Å²) in [5, 5.41) is 3.09. The zero-order valence-corrected chi connectivity index (χ0v) is 21.5. The van der Waals surface area contributed by atoms with Crippen LogP contribution in [-0.2, 0) is 30.3 Å². The predicted molar refractivity (Wildman–Crippen MR) is 135 cm³/mol. The predicted octanol–water partition coefficient (Wildman–Crippen LogP) is 4.43. The minimum Gasteiger partial charge on any atom is -0.469 e. The van der Waals surface area contributed by atoms with Crippen molar-refractivity contribution in [3.05, 3.63) is 59.7 Å². The zero-order valence-electron chi connectivity index (χ0n) is 21.5. The van der Waals surface area contributed by atoms with Crippen LogP contribution in [0.25, 0.3) is 0 Å². The van der Waals surface area contributed by atoms with E-state index in [1.54, 1.807) is 13.0 Å². The van der Waals surface area contributed by atoms with Crippen molar-refractivity contribution in [2.75, 3.05) is 7.11 Å². The van der Waals surface area contributed by atoms with Crippen molar-refractivity contribution < 1.29 is 23.9 Å². The first kappa shape index (κ1) is 26.9. The maximum atomic E-state index is 12.7. The number of hydrogen-bond acceptors (Lipinski definition) is 5. The van der Waals surface area contributed by atoms with Gasteiger partial charge in [0.25, 0.3) is 0 Å². The molecular formula is C29H39NO5. The fourth-order valence-corrected chi connectivity index (χ4v) is 5.54. The fourth-order valence-electron chi connectivity index (χ4n) is 5.54. The zero-order chi connectivity index (χ0) is 25.6. The number of benzene rings is 1. The maximum absolute atomic E-state index is 12.7. The second-order valence-electron chi connectivity index (χ2n) is 10.3. The minimum absolute atomic E-state index is 0.0332. The smallest absolute Gasteiger partial charge is 0.309 e. The van der Waals surface area contributed by atoms with Gasteiger partial charge in [-0.1, -0.05) is 62.4 Å². The molecule has 1 saturated heterocycles. The number of amides is 1. The van der Waals surface area contributed by atoms with E-state index in [0.29, 0.717) is 17.9 Å². The summed E-state index contributed by atoms with van der Waals surface area (Å²) in [6, 6.07) is 10.3. The topological polar surface area (TPSA) is 85.0 Å². The summed E-state index contributed by atoms with van der Waals surface area (Å²) < 4.78 is 10.9. The van der Waals surface area contributed by atoms with Crippen molar-refractivity contribution >= 4 is 18.2 Å². The Kier molecular flexibility index (Phi) is 9.06. The van der Waals surface area contributed by atoms with Gasteiger partial charge in [0.05, 0.1) is 25.2 Å². The average molecular weight is 482 g/mol. The normalized spacial score (nSPS) is 29.7. The number of ether oxygens (including phenoxy) is 2. The first-order chi connectivity index (χ1) is 16.7. The fraction of sp³-hybridized carbons (Fsp3) is 0.552. The molecule has 2 aliphatic rings. The second kappa shape index (κ2) is 11.8. The second-order valence-corrected chi connectivity index (χ2v) is 10.3. The lowest BCUT2D eigenvalue weighted by Crippen LogP contribution is -2.48. The van der Waals surface area contributed by atoms with Crippen LogP contribution >= 0.6 is 0 Å². The Balaban J connectivity index is 1.65. The Morgan fingerprint density at radius 2 is 2.00 bits per heavy atom. The van der Waals surface area contributed by atoms with Crippen LogP contribution in [0.5, 0.6) is 0 Å². The van der Waals surface area contributed by atoms with Gasteiger partial charge in [0, 0.05) is 17.9 Å². The molecule has 190 valence electrons. The molecule has 1 saturated carbocycles. The quantitative estimate of drug-likeness (QED) is 0.157. The number of carbonyl (C=O) groups is 3. The van der Waals surface area contributed by atoms with Crippen LogP contribution < -0.4 is 5.32 Å². The molecule has 1 N–H and O–H groups in total. The Morgan fingerprint density at radius 1 is 1.29 bits per heavy atom. The molecule has 6 heteroatoms. The van der Waals surface area contributed by atoms with E-state index < -0.39 is 0 Å². The molecule has 0 bridgehead atoms. The number of methoxy groups -OCH3 is 1. The summed E-state index contributed by atoms with van der Waals surface area (Å²) in [6.45, 7) is 8.07. The molecule has 1 aliphatic heterocycles. The number of fused-ring (bicyclic) bond motifs is 1. The highest BCUT2D eigenvalue weighted by molar-refractivity contribution is 5.96. The maximum Gasteiger partial charge on any atom is 0.309 e. The van der Waals surface area contributed by atoms with Crippen molar-refractivity contribution in [3.63, 3.8) is 0 Å². The number of epoxide rings is 1. The van der Waals surface area contributed by atoms with Crippen LogP contribution in [0, 0.1) is 23.7 Å². The van der Waals surface area contributed by atoms with Gasteiger partial charge in [-0.05, 0) is 56.1 Å². The molecule has 2 fully saturated rings. The Labute approximate surface area is 209 Å². The standard InChI is InChI=1S/C29H39NO5/c1-19(27(33)20(2)14-15-26(32)34-5)10-9-13-23-17-24(21(3)29(4)28(23)35-29)25(30-18-31)16-22-11-7-6-8-12-22/h6-9,11-14,18-19,21,23-25,28H,10,15-17H2,1-5H3,(H,30,31)/b13-9+,20-14-/t19-,21?,23+,24-,25-,28-,29+/m0/s1. The van der Waals surface area contributed by atoms with Crippen molar-refractivity contribution in [2.45, 2.75) is 71.1 Å². The van der Waals surface area contributed by atoms with Gasteiger partial charge in [0.15, 0.2) is 5.78 Å². The molecule has 0 aromatic heterocycles. The van der Waals surface area contributed by atoms with Crippen LogP contribution in [-0.4, -0.2) is 43.0 Å². The number of esters is 1. The molecule has 1 aromatic carbocycles. The first-order valence-corrected chi connectivity index (χ1v) is 12.6. The minimum atomic E-state index is -0.354. The Bertz CT molecular complexity index is 955. The molecular weight excluding hydrogens is 442 g/mol. The largest absolute Gasteiger partial charge is 0.469 e. The molecule has 3 rings (SSSR count). The number of allylic oxidation sites excluding steroid dienone is 2. The molecule has 35 heavy (non-hydrogen) atoms. The lowest BCUT2D eigenvalue weighted by molar-refractivity contribution is -0.139. The van der Waals surface area contributed by atoms with Crippen LogP contribution in [0.15, 0.2) is 54.1 Å². The van der Waals surface area contributed by atoms with Gasteiger partial charge in [-0.15, -0.1) is 0 Å². The lowest BCUT2D eigenvalue weighted by atomic mass is 9.65. The van der Waals surface area contributed by atoms with Gasteiger partial charge in [0.1, 0.15) is 0 Å². The van der Waals surface area contributed by atoms with Crippen LogP contribution in [0.2, 0.25) is 0 Å². The Hall–Kier alpha value is -2.73. The number of carbonyl (C=O) groups excluding carboxylic acids is 3. The third kappa shape index (κ3) is 6.49. The Morgan fingerprint density at radius 3 is 2.66 bits per heavy atom. The van der Waals surface area contributed by atoms with Crippen molar-refractivity contribution in [1.29, 1.82) is 0 Å². The summed E-state index contributed by atoms with van der Waals surface area (Å²) in [7, 11) is 1.34. The summed E-state index contributed by atoms with van der Waals surface area (Å²) in [5.41, 5.74) is 1.61. The van der Waals surface area contributed by atoms with E-state index in [1.165, 1.54) is 12.7 Å². The summed E-state index contributed by atoms with van der Waals surface area (Å²) in [4.78, 5) is 35.4. The van der Waals surface area contributed by atoms with Crippen LogP contribution in [0.1, 0.15) is 52.5 Å². The molecule has 7 atom stereocenters. The lowest BCUT2D eigenvalue weighted by Gasteiger charge is -2.39. The van der Waals surface area contributed by atoms with E-state index in [2.05, 4.69) is 48.2 Å². The van der Waals surface area contributed by atoms with E-state index in [4.69, 9.17) is 4.74 Å². The van der Waals surface area contributed by atoms with Gasteiger partial charge < -0.3 is 14.8 Å². The number of hydrogen-bond donors (Lipinski definition) is 1. The number of rotatable bonds is 12. The van der Waals surface area contributed by atoms with Crippen molar-refractivity contribution in [1.82, 2.24) is 5.32 Å². The van der Waals surface area contributed by atoms with Crippen LogP contribution in [0.3, 0.4) is 0 Å². The summed E-state index contributed by atoms with van der Waals surface area (Å²) in [5.74, 6) is 0.355. The van der Waals surface area contributed by atoms with Gasteiger partial charge >= 0.3 is 5.97 Å². The van der Waals surface area contributed by atoms with Crippen molar-refractivity contribution in [2.24, 2.45) is 23.7 Å². The first-order valence-electron chi connectivity index (χ1n) is 12.6. The monoisotopic (exact) mass is 481 g/mol. The molecule has 1 aliphatic carbocycles. The van der Waals surface area contributed by atoms with Gasteiger partial charge in [-0.25, -0.2) is 0 Å². The highest BCUT2D eigenvalue weighted by Crippen LogP contribution is 2.56.